The van der Waals surface area contributed by atoms with Crippen molar-refractivity contribution in [3.8, 4) is 0 Å². The molecule has 0 fully saturated rings. The van der Waals surface area contributed by atoms with Crippen molar-refractivity contribution >= 4 is 23.2 Å². The van der Waals surface area contributed by atoms with Crippen LogP contribution in [0.4, 0.5) is 11.4 Å². The highest BCUT2D eigenvalue weighted by atomic mass is 16.5. The summed E-state index contributed by atoms with van der Waals surface area (Å²) in [6.45, 7) is 7.01. The van der Waals surface area contributed by atoms with Crippen LogP contribution in [-0.2, 0) is 20.6 Å². The Morgan fingerprint density at radius 1 is 1.07 bits per heavy atom. The molecule has 2 aliphatic heterocycles. The number of para-hydroxylation sites is 1. The predicted molar refractivity (Wildman–Crippen MR) is 108 cm³/mol. The number of carbonyl (C=O) groups excluding carboxylic acids is 2. The average molecular weight is 379 g/mol. The van der Waals surface area contributed by atoms with Gasteiger partial charge in [0, 0.05) is 30.6 Å². The van der Waals surface area contributed by atoms with Crippen LogP contribution in [0, 0.1) is 0 Å². The Morgan fingerprint density at radius 3 is 2.54 bits per heavy atom. The molecule has 2 amide bonds. The van der Waals surface area contributed by atoms with E-state index < -0.39 is 5.66 Å². The highest BCUT2D eigenvalue weighted by molar-refractivity contribution is 6.14. The van der Waals surface area contributed by atoms with Crippen molar-refractivity contribution in [1.82, 2.24) is 4.90 Å². The lowest BCUT2D eigenvalue weighted by molar-refractivity contribution is -0.125. The number of fused-ring (bicyclic) bond motifs is 3. The van der Waals surface area contributed by atoms with E-state index in [1.54, 1.807) is 18.1 Å². The number of anilines is 2. The minimum atomic E-state index is -1.29. The Morgan fingerprint density at radius 2 is 1.82 bits per heavy atom. The number of amides is 2. The minimum Gasteiger partial charge on any atom is -0.383 e. The van der Waals surface area contributed by atoms with Gasteiger partial charge in [-0.15, -0.1) is 0 Å². The topological polar surface area (TPSA) is 70.7 Å². The minimum absolute atomic E-state index is 0.0875. The number of carbonyl (C=O) groups is 2. The molecule has 0 bridgehead atoms. The van der Waals surface area contributed by atoms with Gasteiger partial charge in [-0.2, -0.15) is 0 Å². The van der Waals surface area contributed by atoms with Crippen molar-refractivity contribution in [3.63, 3.8) is 0 Å². The first-order valence-corrected chi connectivity index (χ1v) is 9.43. The Kier molecular flexibility index (Phi) is 4.19. The van der Waals surface area contributed by atoms with E-state index in [2.05, 4.69) is 31.4 Å². The molecule has 0 radical (unpaired) electrons. The highest BCUT2D eigenvalue weighted by Crippen LogP contribution is 2.46. The lowest BCUT2D eigenvalue weighted by Crippen LogP contribution is -2.62. The molecule has 1 atom stereocenters. The maximum absolute atomic E-state index is 13.4. The third-order valence-electron chi connectivity index (χ3n) is 5.49. The summed E-state index contributed by atoms with van der Waals surface area (Å²) in [5.41, 5.74) is 2.42. The molecule has 2 aromatic carbocycles. The van der Waals surface area contributed by atoms with Crippen LogP contribution in [0.25, 0.3) is 0 Å². The molecule has 0 aromatic heterocycles. The van der Waals surface area contributed by atoms with Crippen LogP contribution in [0.2, 0.25) is 0 Å². The molecule has 0 saturated heterocycles. The third-order valence-corrected chi connectivity index (χ3v) is 5.49. The molecular formula is C22H25N3O3. The van der Waals surface area contributed by atoms with E-state index in [1.165, 1.54) is 0 Å². The van der Waals surface area contributed by atoms with Crippen LogP contribution < -0.4 is 10.6 Å². The van der Waals surface area contributed by atoms with E-state index >= 15 is 0 Å². The molecular weight excluding hydrogens is 354 g/mol. The van der Waals surface area contributed by atoms with E-state index in [9.17, 15) is 9.59 Å². The number of benzene rings is 2. The molecule has 2 heterocycles. The summed E-state index contributed by atoms with van der Waals surface area (Å²) in [5, 5.41) is 6.34. The van der Waals surface area contributed by atoms with Gasteiger partial charge in [-0.3, -0.25) is 9.59 Å². The van der Waals surface area contributed by atoms with Crippen molar-refractivity contribution in [1.29, 1.82) is 0 Å². The standard InChI is InChI=1S/C22H25N3O3/c1-21(2,3)14-9-10-18-16(13-14)22(20(27)23-18)24-17-8-6-5-7-15(17)19(26)25(22)11-12-28-4/h5-10,13,24H,11-12H2,1-4H3,(H,23,27). The smallest absolute Gasteiger partial charge is 0.276 e. The molecule has 2 aromatic rings. The van der Waals surface area contributed by atoms with Crippen LogP contribution in [0.15, 0.2) is 42.5 Å². The summed E-state index contributed by atoms with van der Waals surface area (Å²) in [6.07, 6.45) is 0. The summed E-state index contributed by atoms with van der Waals surface area (Å²) >= 11 is 0. The van der Waals surface area contributed by atoms with Gasteiger partial charge >= 0.3 is 0 Å². The summed E-state index contributed by atoms with van der Waals surface area (Å²) in [4.78, 5) is 28.3. The lowest BCUT2D eigenvalue weighted by Gasteiger charge is -2.44. The van der Waals surface area contributed by atoms with Crippen molar-refractivity contribution in [2.45, 2.75) is 31.8 Å². The van der Waals surface area contributed by atoms with Crippen LogP contribution in [0.1, 0.15) is 42.3 Å². The van der Waals surface area contributed by atoms with Crippen LogP contribution in [0.5, 0.6) is 0 Å². The maximum atomic E-state index is 13.4. The first-order valence-electron chi connectivity index (χ1n) is 9.43. The zero-order valence-electron chi connectivity index (χ0n) is 16.6. The number of rotatable bonds is 3. The SMILES string of the molecule is COCCN1C(=O)c2ccccc2NC12C(=O)Nc1ccc(C(C)(C)C)cc12. The summed E-state index contributed by atoms with van der Waals surface area (Å²) in [6, 6.07) is 13.3. The third kappa shape index (κ3) is 2.59. The van der Waals surface area contributed by atoms with E-state index in [0.717, 1.165) is 16.8 Å². The number of hydrogen-bond acceptors (Lipinski definition) is 4. The molecule has 0 saturated carbocycles. The first kappa shape index (κ1) is 18.5. The average Bonchev–Trinajstić information content (AvgIpc) is 2.92. The number of methoxy groups -OCH3 is 1. The van der Waals surface area contributed by atoms with E-state index in [4.69, 9.17) is 4.74 Å². The second kappa shape index (κ2) is 6.34. The molecule has 0 aliphatic carbocycles. The molecule has 4 rings (SSSR count). The number of ether oxygens (including phenoxy) is 1. The van der Waals surface area contributed by atoms with E-state index in [-0.39, 0.29) is 17.2 Å². The van der Waals surface area contributed by atoms with Crippen LogP contribution in [-0.4, -0.2) is 37.0 Å². The Bertz CT molecular complexity index is 964. The van der Waals surface area contributed by atoms with Gasteiger partial charge in [-0.25, -0.2) is 0 Å². The second-order valence-corrected chi connectivity index (χ2v) is 8.30. The summed E-state index contributed by atoms with van der Waals surface area (Å²) in [7, 11) is 1.59. The van der Waals surface area contributed by atoms with E-state index in [1.807, 2.05) is 36.4 Å². The van der Waals surface area contributed by atoms with Crippen molar-refractivity contribution in [3.05, 3.63) is 59.2 Å². The fraction of sp³-hybridized carbons (Fsp3) is 0.364. The van der Waals surface area contributed by atoms with Gasteiger partial charge in [0.2, 0.25) is 5.66 Å². The highest BCUT2D eigenvalue weighted by Gasteiger charge is 2.56. The Hall–Kier alpha value is -2.86. The van der Waals surface area contributed by atoms with Gasteiger partial charge in [-0.05, 0) is 35.2 Å². The monoisotopic (exact) mass is 379 g/mol. The molecule has 6 nitrogen and oxygen atoms in total. The van der Waals surface area contributed by atoms with Crippen molar-refractivity contribution in [2.75, 3.05) is 30.9 Å². The van der Waals surface area contributed by atoms with Gasteiger partial charge in [0.25, 0.3) is 11.8 Å². The van der Waals surface area contributed by atoms with Gasteiger partial charge in [-0.1, -0.05) is 39.0 Å². The quantitative estimate of drug-likeness (QED) is 0.858. The molecule has 2 aliphatic rings. The van der Waals surface area contributed by atoms with E-state index in [0.29, 0.717) is 24.4 Å². The maximum Gasteiger partial charge on any atom is 0.276 e. The number of hydrogen-bond donors (Lipinski definition) is 2. The van der Waals surface area contributed by atoms with Crippen LogP contribution >= 0.6 is 0 Å². The van der Waals surface area contributed by atoms with Gasteiger partial charge in [0.05, 0.1) is 12.2 Å². The zero-order chi connectivity index (χ0) is 20.1. The molecule has 6 heteroatoms. The Labute approximate surface area is 164 Å². The molecule has 1 spiro atoms. The largest absolute Gasteiger partial charge is 0.383 e. The summed E-state index contributed by atoms with van der Waals surface area (Å²) < 4.78 is 5.23. The molecule has 1 unspecified atom stereocenters. The van der Waals surface area contributed by atoms with Crippen molar-refractivity contribution < 1.29 is 14.3 Å². The number of nitrogens with one attached hydrogen (secondary N) is 2. The fourth-order valence-electron chi connectivity index (χ4n) is 3.94. The van der Waals surface area contributed by atoms with Gasteiger partial charge in [0.1, 0.15) is 0 Å². The second-order valence-electron chi connectivity index (χ2n) is 8.30. The van der Waals surface area contributed by atoms with Crippen LogP contribution in [0.3, 0.4) is 0 Å². The van der Waals surface area contributed by atoms with Gasteiger partial charge in [0.15, 0.2) is 0 Å². The molecule has 2 N–H and O–H groups in total. The fourth-order valence-corrected chi connectivity index (χ4v) is 3.94. The summed E-state index contributed by atoms with van der Waals surface area (Å²) in [5.74, 6) is -0.442. The molecule has 28 heavy (non-hydrogen) atoms. The van der Waals surface area contributed by atoms with Gasteiger partial charge < -0.3 is 20.3 Å². The van der Waals surface area contributed by atoms with Crippen molar-refractivity contribution in [2.24, 2.45) is 0 Å². The predicted octanol–water partition coefficient (Wildman–Crippen LogP) is 3.30. The molecule has 146 valence electrons. The zero-order valence-corrected chi connectivity index (χ0v) is 16.6. The first-order chi connectivity index (χ1) is 13.3. The normalized spacial score (nSPS) is 20.6. The lowest BCUT2D eigenvalue weighted by atomic mass is 9.83. The number of nitrogens with zero attached hydrogens (tertiary/aromatic N) is 1. The Balaban J connectivity index is 1.94.